The molecule has 1 unspecified atom stereocenters. The summed E-state index contributed by atoms with van der Waals surface area (Å²) in [6, 6.07) is 5.94. The molecular formula is C19H21Cl2N5O2. The molecule has 7 nitrogen and oxygen atoms in total. The van der Waals surface area contributed by atoms with Gasteiger partial charge in [0.1, 0.15) is 6.04 Å². The number of urea groups is 1. The lowest BCUT2D eigenvalue weighted by Crippen LogP contribution is -2.43. The van der Waals surface area contributed by atoms with Crippen molar-refractivity contribution in [3.8, 4) is 0 Å². The van der Waals surface area contributed by atoms with Crippen LogP contribution in [0.25, 0.3) is 0 Å². The zero-order valence-electron chi connectivity index (χ0n) is 15.8. The Morgan fingerprint density at radius 1 is 1.32 bits per heavy atom. The molecule has 1 aromatic heterocycles. The Balaban J connectivity index is 1.70. The van der Waals surface area contributed by atoms with E-state index in [-0.39, 0.29) is 30.9 Å². The van der Waals surface area contributed by atoms with Gasteiger partial charge < -0.3 is 10.2 Å². The number of carbonyl (C=O) groups is 2. The van der Waals surface area contributed by atoms with Crippen LogP contribution in [0.5, 0.6) is 0 Å². The first kappa shape index (κ1) is 20.4. The molecule has 1 aliphatic rings. The summed E-state index contributed by atoms with van der Waals surface area (Å²) >= 11 is 12.0. The second-order valence-corrected chi connectivity index (χ2v) is 7.75. The van der Waals surface area contributed by atoms with E-state index in [1.807, 2.05) is 19.9 Å². The second kappa shape index (κ2) is 8.32. The van der Waals surface area contributed by atoms with E-state index in [9.17, 15) is 9.59 Å². The summed E-state index contributed by atoms with van der Waals surface area (Å²) in [4.78, 5) is 36.8. The third-order valence-electron chi connectivity index (χ3n) is 4.62. The summed E-state index contributed by atoms with van der Waals surface area (Å²) in [5, 5.41) is 3.83. The van der Waals surface area contributed by atoms with Gasteiger partial charge in [-0.05, 0) is 29.7 Å². The zero-order chi connectivity index (χ0) is 20.4. The highest BCUT2D eigenvalue weighted by molar-refractivity contribution is 6.35. The molecule has 1 N–H and O–H groups in total. The Bertz CT molecular complexity index is 906. The van der Waals surface area contributed by atoms with Gasteiger partial charge in [0.25, 0.3) is 0 Å². The molecule has 2 aromatic rings. The van der Waals surface area contributed by atoms with Crippen molar-refractivity contribution in [2.24, 2.45) is 0 Å². The maximum Gasteiger partial charge on any atom is 0.327 e. The summed E-state index contributed by atoms with van der Waals surface area (Å²) in [5.41, 5.74) is 1.59. The first-order chi connectivity index (χ1) is 13.3. The molecule has 0 bridgehead atoms. The van der Waals surface area contributed by atoms with E-state index in [4.69, 9.17) is 23.2 Å². The molecule has 9 heteroatoms. The van der Waals surface area contributed by atoms with E-state index in [0.29, 0.717) is 16.0 Å². The lowest BCUT2D eigenvalue weighted by atomic mass is 10.1. The standard InChI is InChI=1S/C19H21Cl2N5O2/c1-11(2)15-6-7-22-18(24-15)26-10-16(25(3)19(26)28)17(27)23-9-12-4-5-13(20)8-14(12)21/h4-8,11,16H,9-10H2,1-3H3,(H,23,27). The molecular weight excluding hydrogens is 401 g/mol. The number of halogens is 2. The number of hydrogen-bond donors (Lipinski definition) is 1. The molecule has 1 atom stereocenters. The quantitative estimate of drug-likeness (QED) is 0.801. The zero-order valence-corrected chi connectivity index (χ0v) is 17.3. The Hall–Kier alpha value is -2.38. The average molecular weight is 422 g/mol. The van der Waals surface area contributed by atoms with Gasteiger partial charge in [-0.1, -0.05) is 43.1 Å². The smallest absolute Gasteiger partial charge is 0.327 e. The van der Waals surface area contributed by atoms with Crippen molar-refractivity contribution >= 4 is 41.1 Å². The topological polar surface area (TPSA) is 78.4 Å². The normalized spacial score (nSPS) is 16.8. The molecule has 28 heavy (non-hydrogen) atoms. The van der Waals surface area contributed by atoms with Gasteiger partial charge in [-0.3, -0.25) is 9.69 Å². The molecule has 0 radical (unpaired) electrons. The lowest BCUT2D eigenvalue weighted by molar-refractivity contribution is -0.124. The summed E-state index contributed by atoms with van der Waals surface area (Å²) in [6.07, 6.45) is 1.63. The van der Waals surface area contributed by atoms with Gasteiger partial charge in [0.05, 0.1) is 6.54 Å². The number of amides is 3. The molecule has 2 heterocycles. The lowest BCUT2D eigenvalue weighted by Gasteiger charge is -2.17. The molecule has 0 spiro atoms. The first-order valence-corrected chi connectivity index (χ1v) is 9.62. The maximum absolute atomic E-state index is 12.7. The van der Waals surface area contributed by atoms with Crippen LogP contribution in [-0.2, 0) is 11.3 Å². The number of aromatic nitrogens is 2. The first-order valence-electron chi connectivity index (χ1n) is 8.87. The number of carbonyl (C=O) groups excluding carboxylic acids is 2. The molecule has 1 saturated heterocycles. The third kappa shape index (κ3) is 4.20. The number of rotatable bonds is 5. The minimum atomic E-state index is -0.648. The molecule has 148 valence electrons. The van der Waals surface area contributed by atoms with E-state index in [2.05, 4.69) is 15.3 Å². The van der Waals surface area contributed by atoms with E-state index >= 15 is 0 Å². The van der Waals surface area contributed by atoms with Crippen LogP contribution in [0.2, 0.25) is 10.0 Å². The number of likely N-dealkylation sites (N-methyl/N-ethyl adjacent to an activating group) is 1. The van der Waals surface area contributed by atoms with Crippen LogP contribution in [0.1, 0.15) is 31.0 Å². The van der Waals surface area contributed by atoms with E-state index in [0.717, 1.165) is 11.3 Å². The minimum absolute atomic E-state index is 0.178. The molecule has 1 aromatic carbocycles. The van der Waals surface area contributed by atoms with Crippen LogP contribution in [0.4, 0.5) is 10.7 Å². The van der Waals surface area contributed by atoms with Gasteiger partial charge >= 0.3 is 6.03 Å². The molecule has 0 aliphatic carbocycles. The average Bonchev–Trinajstić information content (AvgIpc) is 2.96. The number of benzene rings is 1. The summed E-state index contributed by atoms with van der Waals surface area (Å²) in [6.45, 7) is 4.45. The molecule has 3 amide bonds. The summed E-state index contributed by atoms with van der Waals surface area (Å²) in [7, 11) is 1.59. The monoisotopic (exact) mass is 421 g/mol. The SMILES string of the molecule is CC(C)c1ccnc(N2CC(C(=O)NCc3ccc(Cl)cc3Cl)N(C)C2=O)n1. The van der Waals surface area contributed by atoms with E-state index in [1.165, 1.54) is 9.80 Å². The van der Waals surface area contributed by atoms with Gasteiger partial charge in [-0.2, -0.15) is 0 Å². The Morgan fingerprint density at radius 3 is 2.75 bits per heavy atom. The van der Waals surface area contributed by atoms with Crippen molar-refractivity contribution < 1.29 is 9.59 Å². The van der Waals surface area contributed by atoms with Crippen LogP contribution in [0.15, 0.2) is 30.5 Å². The van der Waals surface area contributed by atoms with Gasteiger partial charge in [-0.25, -0.2) is 14.8 Å². The van der Waals surface area contributed by atoms with Crippen molar-refractivity contribution in [1.82, 2.24) is 20.2 Å². The maximum atomic E-state index is 12.7. The van der Waals surface area contributed by atoms with Crippen LogP contribution >= 0.6 is 23.2 Å². The summed E-state index contributed by atoms with van der Waals surface area (Å²) < 4.78 is 0. The van der Waals surface area contributed by atoms with E-state index < -0.39 is 6.04 Å². The number of hydrogen-bond acceptors (Lipinski definition) is 4. The fourth-order valence-electron chi connectivity index (χ4n) is 2.90. The number of nitrogens with zero attached hydrogens (tertiary/aromatic N) is 4. The highest BCUT2D eigenvalue weighted by Gasteiger charge is 2.41. The molecule has 0 saturated carbocycles. The predicted octanol–water partition coefficient (Wildman–Crippen LogP) is 3.46. The van der Waals surface area contributed by atoms with Crippen molar-refractivity contribution in [1.29, 1.82) is 0 Å². The Morgan fingerprint density at radius 2 is 2.07 bits per heavy atom. The largest absolute Gasteiger partial charge is 0.350 e. The molecule has 1 fully saturated rings. The van der Waals surface area contributed by atoms with Crippen molar-refractivity contribution in [2.75, 3.05) is 18.5 Å². The highest BCUT2D eigenvalue weighted by Crippen LogP contribution is 2.23. The third-order valence-corrected chi connectivity index (χ3v) is 5.21. The van der Waals surface area contributed by atoms with Crippen LogP contribution in [0.3, 0.4) is 0 Å². The van der Waals surface area contributed by atoms with Crippen LogP contribution < -0.4 is 10.2 Å². The van der Waals surface area contributed by atoms with Crippen LogP contribution in [-0.4, -0.2) is 46.4 Å². The number of anilines is 1. The Kier molecular flexibility index (Phi) is 6.05. The Labute approximate surface area is 173 Å². The van der Waals surface area contributed by atoms with Gasteiger partial charge in [0.15, 0.2) is 0 Å². The highest BCUT2D eigenvalue weighted by atomic mass is 35.5. The van der Waals surface area contributed by atoms with Crippen molar-refractivity contribution in [3.63, 3.8) is 0 Å². The molecule has 3 rings (SSSR count). The van der Waals surface area contributed by atoms with Gasteiger partial charge in [0.2, 0.25) is 11.9 Å². The summed E-state index contributed by atoms with van der Waals surface area (Å²) in [5.74, 6) is 0.240. The minimum Gasteiger partial charge on any atom is -0.350 e. The van der Waals surface area contributed by atoms with Gasteiger partial charge in [-0.15, -0.1) is 0 Å². The molecule has 1 aliphatic heterocycles. The fourth-order valence-corrected chi connectivity index (χ4v) is 3.38. The second-order valence-electron chi connectivity index (χ2n) is 6.91. The van der Waals surface area contributed by atoms with Crippen molar-refractivity contribution in [2.45, 2.75) is 32.4 Å². The van der Waals surface area contributed by atoms with Gasteiger partial charge in [0, 0.05) is 35.5 Å². The fraction of sp³-hybridized carbons (Fsp3) is 0.368. The predicted molar refractivity (Wildman–Crippen MR) is 109 cm³/mol. The van der Waals surface area contributed by atoms with Crippen LogP contribution in [0, 0.1) is 0 Å². The van der Waals surface area contributed by atoms with Crippen molar-refractivity contribution in [3.05, 3.63) is 51.8 Å². The van der Waals surface area contributed by atoms with E-state index in [1.54, 1.807) is 31.4 Å². The number of nitrogens with one attached hydrogen (secondary N) is 1.